The molecule has 0 spiro atoms. The highest BCUT2D eigenvalue weighted by Crippen LogP contribution is 2.37. The number of benzene rings is 1. The first kappa shape index (κ1) is 22.9. The minimum atomic E-state index is -4.73. The number of pyridine rings is 1. The van der Waals surface area contributed by atoms with Crippen LogP contribution < -0.4 is 4.74 Å². The van der Waals surface area contributed by atoms with Gasteiger partial charge in [0.15, 0.2) is 9.84 Å². The molecule has 0 fully saturated rings. The summed E-state index contributed by atoms with van der Waals surface area (Å²) < 4.78 is 74.2. The SMILES string of the molecule is C=C(Cc1nc(-c2ccc(Oc3ncccc3C(F)(F)F)cc2S(C)(=O)=O)no1)C(=O)O. The van der Waals surface area contributed by atoms with E-state index < -0.39 is 33.4 Å². The van der Waals surface area contributed by atoms with Crippen LogP contribution in [0.5, 0.6) is 11.6 Å². The van der Waals surface area contributed by atoms with Crippen molar-refractivity contribution in [1.82, 2.24) is 15.1 Å². The zero-order valence-electron chi connectivity index (χ0n) is 16.3. The Labute approximate surface area is 179 Å². The summed E-state index contributed by atoms with van der Waals surface area (Å²) in [7, 11) is -3.92. The number of ether oxygens (including phenoxy) is 1. The smallest absolute Gasteiger partial charge is 0.421 e. The third kappa shape index (κ3) is 5.11. The lowest BCUT2D eigenvalue weighted by molar-refractivity contribution is -0.139. The van der Waals surface area contributed by atoms with Gasteiger partial charge in [0.1, 0.15) is 11.3 Å². The van der Waals surface area contributed by atoms with E-state index in [1.165, 1.54) is 12.1 Å². The lowest BCUT2D eigenvalue weighted by Gasteiger charge is -2.13. The van der Waals surface area contributed by atoms with Crippen molar-refractivity contribution < 1.29 is 40.8 Å². The molecule has 1 aromatic carbocycles. The van der Waals surface area contributed by atoms with Gasteiger partial charge in [0, 0.05) is 29.7 Å². The summed E-state index contributed by atoms with van der Waals surface area (Å²) in [6.07, 6.45) is -3.02. The lowest BCUT2D eigenvalue weighted by Crippen LogP contribution is -2.08. The number of carbonyl (C=O) groups is 1. The second-order valence-electron chi connectivity index (χ2n) is 6.48. The van der Waals surface area contributed by atoms with Crippen molar-refractivity contribution in [2.75, 3.05) is 6.26 Å². The average molecular weight is 469 g/mol. The number of sulfone groups is 1. The van der Waals surface area contributed by atoms with Crippen molar-refractivity contribution in [3.8, 4) is 23.0 Å². The van der Waals surface area contributed by atoms with Gasteiger partial charge in [-0.05, 0) is 24.3 Å². The molecule has 0 radical (unpaired) electrons. The predicted molar refractivity (Wildman–Crippen MR) is 103 cm³/mol. The molecule has 0 amide bonds. The third-order valence-corrected chi connectivity index (χ3v) is 5.16. The van der Waals surface area contributed by atoms with Crippen LogP contribution in [0, 0.1) is 0 Å². The van der Waals surface area contributed by atoms with Gasteiger partial charge < -0.3 is 14.4 Å². The van der Waals surface area contributed by atoms with Gasteiger partial charge >= 0.3 is 12.1 Å². The van der Waals surface area contributed by atoms with E-state index in [0.717, 1.165) is 30.7 Å². The highest BCUT2D eigenvalue weighted by Gasteiger charge is 2.35. The molecule has 0 atom stereocenters. The Bertz CT molecular complexity index is 1300. The molecule has 32 heavy (non-hydrogen) atoms. The highest BCUT2D eigenvalue weighted by atomic mass is 32.2. The summed E-state index contributed by atoms with van der Waals surface area (Å²) in [5.41, 5.74) is -1.37. The Morgan fingerprint density at radius 2 is 2.00 bits per heavy atom. The van der Waals surface area contributed by atoms with Crippen LogP contribution >= 0.6 is 0 Å². The molecular weight excluding hydrogens is 455 g/mol. The number of halogens is 3. The molecule has 13 heteroatoms. The Kier molecular flexibility index (Phi) is 6.03. The molecule has 1 N–H and O–H groups in total. The van der Waals surface area contributed by atoms with Gasteiger partial charge in [-0.25, -0.2) is 18.2 Å². The van der Waals surface area contributed by atoms with E-state index in [9.17, 15) is 26.4 Å². The number of carboxylic acid groups (broad SMARTS) is 1. The van der Waals surface area contributed by atoms with Gasteiger partial charge in [0.05, 0.1) is 11.3 Å². The zero-order chi connectivity index (χ0) is 23.7. The van der Waals surface area contributed by atoms with Crippen LogP contribution in [0.1, 0.15) is 11.5 Å². The number of aromatic nitrogens is 3. The molecule has 168 valence electrons. The molecule has 0 unspecified atom stereocenters. The van der Waals surface area contributed by atoms with Crippen LogP contribution in [0.2, 0.25) is 0 Å². The molecule has 9 nitrogen and oxygen atoms in total. The number of nitrogens with zero attached hydrogens (tertiary/aromatic N) is 3. The topological polar surface area (TPSA) is 132 Å². The fourth-order valence-electron chi connectivity index (χ4n) is 2.55. The van der Waals surface area contributed by atoms with Crippen molar-refractivity contribution >= 4 is 15.8 Å². The standard InChI is InChI=1S/C19H14F3N3O6S/c1-10(18(26)27)8-15-24-16(25-31-15)12-6-5-11(9-14(12)32(2,28)29)30-17-13(19(20,21)22)4-3-7-23-17/h3-7,9H,1,8H2,2H3,(H,26,27). The van der Waals surface area contributed by atoms with Crippen molar-refractivity contribution in [3.63, 3.8) is 0 Å². The molecule has 0 aliphatic carbocycles. The van der Waals surface area contributed by atoms with Crippen LogP contribution in [0.3, 0.4) is 0 Å². The van der Waals surface area contributed by atoms with E-state index in [4.69, 9.17) is 14.4 Å². The van der Waals surface area contributed by atoms with Crippen LogP contribution in [0.15, 0.2) is 58.1 Å². The maximum absolute atomic E-state index is 13.2. The van der Waals surface area contributed by atoms with Crippen LogP contribution in [0.25, 0.3) is 11.4 Å². The molecule has 3 rings (SSSR count). The summed E-state index contributed by atoms with van der Waals surface area (Å²) >= 11 is 0. The Morgan fingerprint density at radius 1 is 1.28 bits per heavy atom. The number of aliphatic carboxylic acids is 1. The summed E-state index contributed by atoms with van der Waals surface area (Å²) in [5, 5.41) is 12.5. The fraction of sp³-hybridized carbons (Fsp3) is 0.158. The van der Waals surface area contributed by atoms with Crippen molar-refractivity contribution in [1.29, 1.82) is 0 Å². The molecule has 3 aromatic rings. The molecule has 0 bridgehead atoms. The average Bonchev–Trinajstić information content (AvgIpc) is 3.15. The largest absolute Gasteiger partial charge is 0.478 e. The second-order valence-corrected chi connectivity index (χ2v) is 8.47. The summed E-state index contributed by atoms with van der Waals surface area (Å²) in [5.74, 6) is -2.52. The minimum Gasteiger partial charge on any atom is -0.478 e. The molecule has 0 aliphatic rings. The van der Waals surface area contributed by atoms with Gasteiger partial charge in [0.25, 0.3) is 0 Å². The molecule has 0 saturated heterocycles. The minimum absolute atomic E-state index is 0.0205. The van der Waals surface area contributed by atoms with E-state index >= 15 is 0 Å². The first-order valence-corrected chi connectivity index (χ1v) is 10.5. The summed E-state index contributed by atoms with van der Waals surface area (Å²) in [6.45, 7) is 3.34. The van der Waals surface area contributed by atoms with Crippen molar-refractivity contribution in [3.05, 3.63) is 60.1 Å². The Morgan fingerprint density at radius 3 is 2.62 bits per heavy atom. The summed E-state index contributed by atoms with van der Waals surface area (Å²) in [6, 6.07) is 5.31. The maximum atomic E-state index is 13.2. The maximum Gasteiger partial charge on any atom is 0.421 e. The Hall–Kier alpha value is -3.74. The predicted octanol–water partition coefficient (Wildman–Crippen LogP) is 3.53. The quantitative estimate of drug-likeness (QED) is 0.516. The number of hydrogen-bond donors (Lipinski definition) is 1. The van der Waals surface area contributed by atoms with Gasteiger partial charge in [-0.15, -0.1) is 0 Å². The molecule has 2 heterocycles. The zero-order valence-corrected chi connectivity index (χ0v) is 17.1. The summed E-state index contributed by atoms with van der Waals surface area (Å²) in [4.78, 5) is 18.1. The second kappa shape index (κ2) is 8.42. The van der Waals surface area contributed by atoms with Crippen LogP contribution in [-0.4, -0.2) is 40.9 Å². The molecule has 2 aromatic heterocycles. The van der Waals surface area contributed by atoms with Gasteiger partial charge in [-0.3, -0.25) is 0 Å². The monoisotopic (exact) mass is 469 g/mol. The third-order valence-electron chi connectivity index (χ3n) is 4.02. The number of rotatable bonds is 7. The van der Waals surface area contributed by atoms with E-state index in [2.05, 4.69) is 21.7 Å². The van der Waals surface area contributed by atoms with Gasteiger partial charge in [-0.2, -0.15) is 18.2 Å². The molecule has 0 aliphatic heterocycles. The van der Waals surface area contributed by atoms with E-state index in [1.807, 2.05) is 0 Å². The van der Waals surface area contributed by atoms with E-state index in [1.54, 1.807) is 0 Å². The van der Waals surface area contributed by atoms with Crippen molar-refractivity contribution in [2.45, 2.75) is 17.5 Å². The van der Waals surface area contributed by atoms with Gasteiger partial charge in [-0.1, -0.05) is 11.7 Å². The number of alkyl halides is 3. The normalized spacial score (nSPS) is 11.9. The fourth-order valence-corrected chi connectivity index (χ4v) is 3.44. The van der Waals surface area contributed by atoms with Crippen LogP contribution in [0.4, 0.5) is 13.2 Å². The van der Waals surface area contributed by atoms with Crippen LogP contribution in [-0.2, 0) is 27.2 Å². The molecule has 0 saturated carbocycles. The Balaban J connectivity index is 2.00. The molecular formula is C19H14F3N3O6S. The first-order chi connectivity index (χ1) is 14.9. The van der Waals surface area contributed by atoms with Crippen molar-refractivity contribution in [2.24, 2.45) is 0 Å². The van der Waals surface area contributed by atoms with E-state index in [-0.39, 0.29) is 39.9 Å². The highest BCUT2D eigenvalue weighted by molar-refractivity contribution is 7.90. The number of hydrogen-bond acceptors (Lipinski definition) is 8. The number of carboxylic acids is 1. The first-order valence-electron chi connectivity index (χ1n) is 8.64. The lowest BCUT2D eigenvalue weighted by atomic mass is 10.2. The van der Waals surface area contributed by atoms with Gasteiger partial charge in [0.2, 0.25) is 17.6 Å². The van der Waals surface area contributed by atoms with E-state index in [0.29, 0.717) is 0 Å².